The van der Waals surface area contributed by atoms with Gasteiger partial charge in [0.05, 0.1) is 0 Å². The highest BCUT2D eigenvalue weighted by atomic mass is 35.5. The molecule has 1 aromatic carbocycles. The van der Waals surface area contributed by atoms with Crippen LogP contribution in [0.5, 0.6) is 0 Å². The van der Waals surface area contributed by atoms with Gasteiger partial charge in [-0.2, -0.15) is 0 Å². The quantitative estimate of drug-likeness (QED) is 0.876. The molecule has 98 valence electrons. The first kappa shape index (κ1) is 13.2. The predicted molar refractivity (Wildman–Crippen MR) is 73.1 cm³/mol. The van der Waals surface area contributed by atoms with Crippen molar-refractivity contribution in [3.63, 3.8) is 0 Å². The molecular weight excluding hydrogens is 250 g/mol. The SMILES string of the molecule is CC1CCCC(Nc2cccc(Cl)c2)(C(=O)O)C1. The van der Waals surface area contributed by atoms with E-state index in [0.29, 0.717) is 23.8 Å². The van der Waals surface area contributed by atoms with Crippen LogP contribution in [0.15, 0.2) is 24.3 Å². The highest BCUT2D eigenvalue weighted by Gasteiger charge is 2.41. The number of anilines is 1. The van der Waals surface area contributed by atoms with Gasteiger partial charge >= 0.3 is 5.97 Å². The van der Waals surface area contributed by atoms with Crippen LogP contribution in [0.3, 0.4) is 0 Å². The number of aliphatic carboxylic acids is 1. The zero-order valence-electron chi connectivity index (χ0n) is 10.4. The third-order valence-electron chi connectivity index (χ3n) is 3.62. The largest absolute Gasteiger partial charge is 0.480 e. The predicted octanol–water partition coefficient (Wildman–Crippen LogP) is 3.79. The Hall–Kier alpha value is -1.22. The summed E-state index contributed by atoms with van der Waals surface area (Å²) in [5, 5.41) is 13.3. The Morgan fingerprint density at radius 3 is 2.94 bits per heavy atom. The standard InChI is InChI=1S/C14H18ClNO2/c1-10-4-3-7-14(9-10,13(17)18)16-12-6-2-5-11(15)8-12/h2,5-6,8,10,16H,3-4,7,9H2,1H3,(H,17,18). The van der Waals surface area contributed by atoms with E-state index in [1.54, 1.807) is 12.1 Å². The average Bonchev–Trinajstić information content (AvgIpc) is 2.28. The first-order chi connectivity index (χ1) is 8.52. The molecule has 18 heavy (non-hydrogen) atoms. The molecule has 0 aliphatic heterocycles. The number of halogens is 1. The fourth-order valence-electron chi connectivity index (χ4n) is 2.76. The summed E-state index contributed by atoms with van der Waals surface area (Å²) in [6.45, 7) is 2.11. The average molecular weight is 268 g/mol. The van der Waals surface area contributed by atoms with Crippen molar-refractivity contribution in [2.45, 2.75) is 38.1 Å². The van der Waals surface area contributed by atoms with Crippen LogP contribution in [0.1, 0.15) is 32.6 Å². The molecule has 2 unspecified atom stereocenters. The Kier molecular flexibility index (Phi) is 3.81. The number of hydrogen-bond acceptors (Lipinski definition) is 2. The van der Waals surface area contributed by atoms with Crippen LogP contribution in [-0.2, 0) is 4.79 Å². The molecule has 0 radical (unpaired) electrons. The van der Waals surface area contributed by atoms with Crippen LogP contribution in [0.2, 0.25) is 5.02 Å². The summed E-state index contributed by atoms with van der Waals surface area (Å²) < 4.78 is 0. The van der Waals surface area contributed by atoms with Gasteiger partial charge in [-0.1, -0.05) is 37.4 Å². The first-order valence-electron chi connectivity index (χ1n) is 6.29. The van der Waals surface area contributed by atoms with Gasteiger partial charge in [0.25, 0.3) is 0 Å². The van der Waals surface area contributed by atoms with E-state index in [0.717, 1.165) is 18.5 Å². The Balaban J connectivity index is 2.23. The van der Waals surface area contributed by atoms with Crippen molar-refractivity contribution in [1.82, 2.24) is 0 Å². The van der Waals surface area contributed by atoms with E-state index in [2.05, 4.69) is 12.2 Å². The third kappa shape index (κ3) is 2.78. The van der Waals surface area contributed by atoms with E-state index in [9.17, 15) is 9.90 Å². The molecule has 3 nitrogen and oxygen atoms in total. The lowest BCUT2D eigenvalue weighted by atomic mass is 9.76. The lowest BCUT2D eigenvalue weighted by molar-refractivity contribution is -0.144. The smallest absolute Gasteiger partial charge is 0.329 e. The molecule has 0 amide bonds. The lowest BCUT2D eigenvalue weighted by Gasteiger charge is -2.37. The molecule has 0 bridgehead atoms. The maximum absolute atomic E-state index is 11.6. The van der Waals surface area contributed by atoms with Gasteiger partial charge in [-0.25, -0.2) is 4.79 Å². The Morgan fingerprint density at radius 2 is 2.33 bits per heavy atom. The fourth-order valence-corrected chi connectivity index (χ4v) is 2.95. The van der Waals surface area contributed by atoms with Gasteiger partial charge in [0.2, 0.25) is 0 Å². The van der Waals surface area contributed by atoms with Crippen LogP contribution in [0.4, 0.5) is 5.69 Å². The molecule has 2 rings (SSSR count). The normalized spacial score (nSPS) is 27.8. The van der Waals surface area contributed by atoms with E-state index in [1.807, 2.05) is 12.1 Å². The van der Waals surface area contributed by atoms with E-state index in [1.165, 1.54) is 0 Å². The zero-order valence-corrected chi connectivity index (χ0v) is 11.2. The fraction of sp³-hybridized carbons (Fsp3) is 0.500. The number of benzene rings is 1. The first-order valence-corrected chi connectivity index (χ1v) is 6.67. The molecule has 4 heteroatoms. The van der Waals surface area contributed by atoms with Crippen LogP contribution < -0.4 is 5.32 Å². The summed E-state index contributed by atoms with van der Waals surface area (Å²) in [6.07, 6.45) is 3.38. The van der Waals surface area contributed by atoms with Crippen molar-refractivity contribution in [3.05, 3.63) is 29.3 Å². The number of carbonyl (C=O) groups is 1. The maximum atomic E-state index is 11.6. The van der Waals surface area contributed by atoms with E-state index >= 15 is 0 Å². The molecular formula is C14H18ClNO2. The van der Waals surface area contributed by atoms with Crippen molar-refractivity contribution in [3.8, 4) is 0 Å². The van der Waals surface area contributed by atoms with Crippen LogP contribution in [-0.4, -0.2) is 16.6 Å². The maximum Gasteiger partial charge on any atom is 0.329 e. The summed E-state index contributed by atoms with van der Waals surface area (Å²) in [7, 11) is 0. The van der Waals surface area contributed by atoms with E-state index < -0.39 is 11.5 Å². The molecule has 1 fully saturated rings. The van der Waals surface area contributed by atoms with Crippen LogP contribution in [0, 0.1) is 5.92 Å². The molecule has 1 aliphatic carbocycles. The number of nitrogens with one attached hydrogen (secondary N) is 1. The minimum atomic E-state index is -0.845. The number of rotatable bonds is 3. The van der Waals surface area contributed by atoms with Gasteiger partial charge < -0.3 is 10.4 Å². The van der Waals surface area contributed by atoms with Gasteiger partial charge in [0.1, 0.15) is 5.54 Å². The van der Waals surface area contributed by atoms with Crippen LogP contribution >= 0.6 is 11.6 Å². The van der Waals surface area contributed by atoms with Crippen LogP contribution in [0.25, 0.3) is 0 Å². The van der Waals surface area contributed by atoms with Gasteiger partial charge in [-0.05, 0) is 37.0 Å². The van der Waals surface area contributed by atoms with Gasteiger partial charge in [-0.3, -0.25) is 0 Å². The summed E-state index contributed by atoms with van der Waals surface area (Å²) >= 11 is 5.93. The number of hydrogen-bond donors (Lipinski definition) is 2. The second-order valence-corrected chi connectivity index (χ2v) is 5.66. The third-order valence-corrected chi connectivity index (χ3v) is 3.85. The highest BCUT2D eigenvalue weighted by molar-refractivity contribution is 6.30. The minimum Gasteiger partial charge on any atom is -0.480 e. The van der Waals surface area contributed by atoms with Crippen molar-refractivity contribution in [2.75, 3.05) is 5.32 Å². The summed E-state index contributed by atoms with van der Waals surface area (Å²) in [4.78, 5) is 11.6. The molecule has 0 saturated heterocycles. The van der Waals surface area contributed by atoms with Crippen molar-refractivity contribution < 1.29 is 9.90 Å². The topological polar surface area (TPSA) is 49.3 Å². The summed E-state index contributed by atoms with van der Waals surface area (Å²) in [5.41, 5.74) is -0.0680. The molecule has 1 saturated carbocycles. The Bertz CT molecular complexity index is 449. The molecule has 2 atom stereocenters. The van der Waals surface area contributed by atoms with Gasteiger partial charge in [0.15, 0.2) is 0 Å². The Morgan fingerprint density at radius 1 is 1.56 bits per heavy atom. The van der Waals surface area contributed by atoms with E-state index in [4.69, 9.17) is 11.6 Å². The monoisotopic (exact) mass is 267 g/mol. The Labute approximate surface area is 112 Å². The molecule has 0 spiro atoms. The second kappa shape index (κ2) is 5.19. The van der Waals surface area contributed by atoms with Crippen molar-refractivity contribution >= 4 is 23.3 Å². The zero-order chi connectivity index (χ0) is 13.2. The molecule has 0 heterocycles. The van der Waals surface area contributed by atoms with Gasteiger partial charge in [-0.15, -0.1) is 0 Å². The molecule has 1 aromatic rings. The molecule has 0 aromatic heterocycles. The van der Waals surface area contributed by atoms with E-state index in [-0.39, 0.29) is 0 Å². The minimum absolute atomic E-state index is 0.432. The number of carboxylic acids is 1. The molecule has 1 aliphatic rings. The van der Waals surface area contributed by atoms with Gasteiger partial charge in [0, 0.05) is 10.7 Å². The van der Waals surface area contributed by atoms with Crippen molar-refractivity contribution in [1.29, 1.82) is 0 Å². The highest BCUT2D eigenvalue weighted by Crippen LogP contribution is 2.35. The second-order valence-electron chi connectivity index (χ2n) is 5.22. The summed E-state index contributed by atoms with van der Waals surface area (Å²) in [5.74, 6) is -0.337. The summed E-state index contributed by atoms with van der Waals surface area (Å²) in [6, 6.07) is 7.23. The molecule has 2 N–H and O–H groups in total. The van der Waals surface area contributed by atoms with Crippen molar-refractivity contribution in [2.24, 2.45) is 5.92 Å². The lowest BCUT2D eigenvalue weighted by Crippen LogP contribution is -2.49. The number of carboxylic acid groups (broad SMARTS) is 1.